The average Bonchev–Trinajstić information content (AvgIpc) is 2.34. The first kappa shape index (κ1) is 19.6. The number of halogens is 3. The fraction of sp³-hybridized carbons (Fsp3) is 0.467. The van der Waals surface area contributed by atoms with Crippen molar-refractivity contribution in [3.05, 3.63) is 23.8 Å². The Balaban J connectivity index is 3.04. The first-order valence-electron chi connectivity index (χ1n) is 7.15. The topological polar surface area (TPSA) is 76.7 Å². The van der Waals surface area contributed by atoms with E-state index in [0.717, 1.165) is 12.1 Å². The molecule has 6 nitrogen and oxygen atoms in total. The summed E-state index contributed by atoms with van der Waals surface area (Å²) < 4.78 is 48.5. The number of hydrogen-bond acceptors (Lipinski definition) is 4. The summed E-state index contributed by atoms with van der Waals surface area (Å²) in [6.45, 7) is 6.39. The molecule has 0 heterocycles. The molecule has 9 heteroatoms. The largest absolute Gasteiger partial charge is 0.447 e. The van der Waals surface area contributed by atoms with E-state index < -0.39 is 36.1 Å². The van der Waals surface area contributed by atoms with Gasteiger partial charge in [-0.3, -0.25) is 10.6 Å². The normalized spacial score (nSPS) is 11.4. The van der Waals surface area contributed by atoms with Gasteiger partial charge in [-0.05, 0) is 45.9 Å². The molecule has 0 saturated carbocycles. The molecule has 2 N–H and O–H groups in total. The molecule has 0 aliphatic carbocycles. The zero-order chi connectivity index (χ0) is 18.5. The maximum atomic E-state index is 13.0. The fourth-order valence-electron chi connectivity index (χ4n) is 1.66. The molecule has 0 aliphatic heterocycles. The van der Waals surface area contributed by atoms with Crippen LogP contribution in [0, 0.1) is 0 Å². The Morgan fingerprint density at radius 2 is 1.25 bits per heavy atom. The first-order chi connectivity index (χ1) is 11.0. The van der Waals surface area contributed by atoms with Crippen molar-refractivity contribution in [1.29, 1.82) is 0 Å². The van der Waals surface area contributed by atoms with E-state index in [1.165, 1.54) is 6.07 Å². The molecule has 24 heavy (non-hydrogen) atoms. The minimum atomic E-state index is -4.65. The summed E-state index contributed by atoms with van der Waals surface area (Å²) in [5.74, 6) is 0. The van der Waals surface area contributed by atoms with Gasteiger partial charge < -0.3 is 9.47 Å². The molecule has 1 rings (SSSR count). The Labute approximate surface area is 137 Å². The Morgan fingerprint density at radius 1 is 0.875 bits per heavy atom. The molecule has 0 unspecified atom stereocenters. The van der Waals surface area contributed by atoms with Crippen molar-refractivity contribution in [1.82, 2.24) is 0 Å². The van der Waals surface area contributed by atoms with Crippen molar-refractivity contribution >= 4 is 23.6 Å². The van der Waals surface area contributed by atoms with Gasteiger partial charge in [-0.1, -0.05) is 0 Å². The van der Waals surface area contributed by atoms with Crippen LogP contribution in [0.15, 0.2) is 18.2 Å². The number of rotatable bonds is 4. The molecular weight excluding hydrogens is 329 g/mol. The lowest BCUT2D eigenvalue weighted by molar-refractivity contribution is -0.137. The highest BCUT2D eigenvalue weighted by molar-refractivity contribution is 5.89. The molecule has 2 amide bonds. The summed E-state index contributed by atoms with van der Waals surface area (Å²) in [6, 6.07) is 2.64. The van der Waals surface area contributed by atoms with Crippen LogP contribution in [0.4, 0.5) is 34.1 Å². The van der Waals surface area contributed by atoms with Gasteiger partial charge >= 0.3 is 18.4 Å². The highest BCUT2D eigenvalue weighted by atomic mass is 19.4. The van der Waals surface area contributed by atoms with E-state index in [1.807, 2.05) is 0 Å². The smallest absolute Gasteiger partial charge is 0.416 e. The van der Waals surface area contributed by atoms with Crippen LogP contribution in [0.25, 0.3) is 0 Å². The van der Waals surface area contributed by atoms with E-state index in [9.17, 15) is 22.8 Å². The summed E-state index contributed by atoms with van der Waals surface area (Å²) in [7, 11) is 0. The number of anilines is 2. The first-order valence-corrected chi connectivity index (χ1v) is 7.15. The van der Waals surface area contributed by atoms with Gasteiger partial charge in [0, 0.05) is 11.4 Å². The van der Waals surface area contributed by atoms with Gasteiger partial charge in [0.2, 0.25) is 0 Å². The van der Waals surface area contributed by atoms with Crippen LogP contribution < -0.4 is 10.6 Å². The van der Waals surface area contributed by atoms with Crippen molar-refractivity contribution in [3.63, 3.8) is 0 Å². The third-order valence-electron chi connectivity index (χ3n) is 2.44. The van der Waals surface area contributed by atoms with Crippen LogP contribution in [0.3, 0.4) is 0 Å². The van der Waals surface area contributed by atoms with Crippen molar-refractivity contribution in [2.45, 2.75) is 46.1 Å². The summed E-state index contributed by atoms with van der Waals surface area (Å²) in [5, 5.41) is 4.37. The highest BCUT2D eigenvalue weighted by Crippen LogP contribution is 2.33. The molecule has 1 aromatic carbocycles. The molecule has 0 spiro atoms. The number of alkyl halides is 3. The highest BCUT2D eigenvalue weighted by Gasteiger charge is 2.31. The zero-order valence-corrected chi connectivity index (χ0v) is 13.7. The van der Waals surface area contributed by atoms with Gasteiger partial charge in [-0.2, -0.15) is 13.2 Å². The van der Waals surface area contributed by atoms with Gasteiger partial charge in [-0.15, -0.1) is 0 Å². The van der Waals surface area contributed by atoms with Crippen LogP contribution in [-0.2, 0) is 15.7 Å². The maximum absolute atomic E-state index is 13.0. The summed E-state index contributed by atoms with van der Waals surface area (Å²) in [5.41, 5.74) is -1.38. The molecule has 0 radical (unpaired) electrons. The third kappa shape index (κ3) is 6.76. The van der Waals surface area contributed by atoms with Gasteiger partial charge in [0.25, 0.3) is 0 Å². The van der Waals surface area contributed by atoms with E-state index >= 15 is 0 Å². The Bertz CT molecular complexity index is 559. The van der Waals surface area contributed by atoms with Crippen LogP contribution in [0.2, 0.25) is 0 Å². The van der Waals surface area contributed by atoms with Crippen LogP contribution >= 0.6 is 0 Å². The molecule has 1 aromatic rings. The van der Waals surface area contributed by atoms with Crippen molar-refractivity contribution < 1.29 is 32.2 Å². The summed E-state index contributed by atoms with van der Waals surface area (Å²) in [4.78, 5) is 23.1. The minimum absolute atomic E-state index is 0.171. The van der Waals surface area contributed by atoms with Crippen LogP contribution in [-0.4, -0.2) is 24.4 Å². The SMILES string of the molecule is CC(C)OC(=O)Nc1cc(NC(=O)OC(C)C)cc(C(F)(F)F)c1. The Kier molecular flexibility index (Phi) is 6.44. The number of carbonyl (C=O) groups excluding carboxylic acids is 2. The van der Waals surface area contributed by atoms with Gasteiger partial charge in [0.05, 0.1) is 17.8 Å². The molecule has 0 bridgehead atoms. The predicted molar refractivity (Wildman–Crippen MR) is 81.9 cm³/mol. The average molecular weight is 348 g/mol. The lowest BCUT2D eigenvalue weighted by Crippen LogP contribution is -2.20. The number of benzene rings is 1. The molecule has 0 aromatic heterocycles. The van der Waals surface area contributed by atoms with E-state index in [-0.39, 0.29) is 11.4 Å². The summed E-state index contributed by atoms with van der Waals surface area (Å²) in [6.07, 6.45) is -7.33. The molecule has 0 fully saturated rings. The van der Waals surface area contributed by atoms with E-state index in [2.05, 4.69) is 10.6 Å². The van der Waals surface area contributed by atoms with Crippen LogP contribution in [0.1, 0.15) is 33.3 Å². The number of ether oxygens (including phenoxy) is 2. The number of amides is 2. The van der Waals surface area contributed by atoms with Crippen molar-refractivity contribution in [3.8, 4) is 0 Å². The Hall–Kier alpha value is -2.45. The summed E-state index contributed by atoms with van der Waals surface area (Å²) >= 11 is 0. The second-order valence-corrected chi connectivity index (χ2v) is 5.45. The lowest BCUT2D eigenvalue weighted by Gasteiger charge is -2.15. The molecule has 0 aliphatic rings. The predicted octanol–water partition coefficient (Wildman–Crippen LogP) is 4.62. The minimum Gasteiger partial charge on any atom is -0.447 e. The molecular formula is C15H19F3N2O4. The maximum Gasteiger partial charge on any atom is 0.416 e. The third-order valence-corrected chi connectivity index (χ3v) is 2.44. The van der Waals surface area contributed by atoms with Crippen molar-refractivity contribution in [2.24, 2.45) is 0 Å². The molecule has 134 valence electrons. The second kappa shape index (κ2) is 7.89. The van der Waals surface area contributed by atoms with E-state index in [1.54, 1.807) is 27.7 Å². The van der Waals surface area contributed by atoms with Crippen LogP contribution in [0.5, 0.6) is 0 Å². The van der Waals surface area contributed by atoms with Gasteiger partial charge in [-0.25, -0.2) is 9.59 Å². The van der Waals surface area contributed by atoms with E-state index in [0.29, 0.717) is 0 Å². The number of nitrogens with one attached hydrogen (secondary N) is 2. The van der Waals surface area contributed by atoms with E-state index in [4.69, 9.17) is 9.47 Å². The standard InChI is InChI=1S/C15H19F3N2O4/c1-8(2)23-13(21)19-11-5-10(15(16,17)18)6-12(7-11)20-14(22)24-9(3)4/h5-9H,1-4H3,(H,19,21)(H,20,22). The number of carbonyl (C=O) groups is 2. The fourth-order valence-corrected chi connectivity index (χ4v) is 1.66. The Morgan fingerprint density at radius 3 is 1.54 bits per heavy atom. The molecule has 0 atom stereocenters. The van der Waals surface area contributed by atoms with Crippen molar-refractivity contribution in [2.75, 3.05) is 10.6 Å². The quantitative estimate of drug-likeness (QED) is 0.832. The zero-order valence-electron chi connectivity index (χ0n) is 13.7. The lowest BCUT2D eigenvalue weighted by atomic mass is 10.1. The number of hydrogen-bond donors (Lipinski definition) is 2. The molecule has 0 saturated heterocycles. The van der Waals surface area contributed by atoms with Gasteiger partial charge in [0.1, 0.15) is 0 Å². The van der Waals surface area contributed by atoms with Gasteiger partial charge in [0.15, 0.2) is 0 Å². The second-order valence-electron chi connectivity index (χ2n) is 5.45. The monoisotopic (exact) mass is 348 g/mol.